The predicted molar refractivity (Wildman–Crippen MR) is 45.5 cm³/mol. The van der Waals surface area contributed by atoms with Gasteiger partial charge in [-0.15, -0.1) is 0 Å². The quantitative estimate of drug-likeness (QED) is 0.740. The summed E-state index contributed by atoms with van der Waals surface area (Å²) < 4.78 is 36.8. The van der Waals surface area contributed by atoms with Gasteiger partial charge in [0.2, 0.25) is 0 Å². The maximum absolute atomic E-state index is 12.3. The summed E-state index contributed by atoms with van der Waals surface area (Å²) in [4.78, 5) is 22.6. The fourth-order valence-corrected chi connectivity index (χ4v) is 2.72. The monoisotopic (exact) mass is 237 g/mol. The summed E-state index contributed by atoms with van der Waals surface area (Å²) in [5, 5.41) is 8.82. The van der Waals surface area contributed by atoms with Crippen molar-refractivity contribution in [2.24, 2.45) is 5.92 Å². The Hall–Kier alpha value is -1.27. The highest BCUT2D eigenvalue weighted by Crippen LogP contribution is 2.43. The van der Waals surface area contributed by atoms with Crippen molar-refractivity contribution >= 4 is 11.9 Å². The second-order valence-electron chi connectivity index (χ2n) is 4.19. The number of nitrogens with zero attached hydrogens (tertiary/aromatic N) is 1. The molecule has 3 atom stereocenters. The van der Waals surface area contributed by atoms with Gasteiger partial charge in [-0.25, -0.2) is 0 Å². The fourth-order valence-electron chi connectivity index (χ4n) is 2.72. The molecule has 4 nitrogen and oxygen atoms in total. The number of fused-ring (bicyclic) bond motifs is 2. The van der Waals surface area contributed by atoms with E-state index in [-0.39, 0.29) is 6.42 Å². The van der Waals surface area contributed by atoms with Gasteiger partial charge in [-0.05, 0) is 19.3 Å². The molecule has 16 heavy (non-hydrogen) atoms. The van der Waals surface area contributed by atoms with Crippen LogP contribution in [0.25, 0.3) is 0 Å². The van der Waals surface area contributed by atoms with Gasteiger partial charge < -0.3 is 10.0 Å². The van der Waals surface area contributed by atoms with Crippen LogP contribution in [0.5, 0.6) is 0 Å². The van der Waals surface area contributed by atoms with Crippen molar-refractivity contribution in [2.45, 2.75) is 37.5 Å². The Morgan fingerprint density at radius 3 is 2.31 bits per heavy atom. The molecule has 0 aromatic rings. The number of carbonyl (C=O) groups is 2. The van der Waals surface area contributed by atoms with Crippen molar-refractivity contribution in [1.29, 1.82) is 0 Å². The van der Waals surface area contributed by atoms with E-state index in [9.17, 15) is 22.8 Å². The number of carboxylic acids is 1. The van der Waals surface area contributed by atoms with Gasteiger partial charge in [0.1, 0.15) is 0 Å². The van der Waals surface area contributed by atoms with E-state index < -0.39 is 36.1 Å². The molecule has 2 bridgehead atoms. The van der Waals surface area contributed by atoms with Gasteiger partial charge in [0.05, 0.1) is 5.92 Å². The first-order chi connectivity index (χ1) is 7.32. The summed E-state index contributed by atoms with van der Waals surface area (Å²) in [6.07, 6.45) is -3.95. The summed E-state index contributed by atoms with van der Waals surface area (Å²) in [6.45, 7) is 0. The van der Waals surface area contributed by atoms with E-state index >= 15 is 0 Å². The molecular formula is C9H10F3NO3. The van der Waals surface area contributed by atoms with Crippen molar-refractivity contribution in [3.63, 3.8) is 0 Å². The van der Waals surface area contributed by atoms with Gasteiger partial charge >= 0.3 is 18.1 Å². The van der Waals surface area contributed by atoms with Crippen LogP contribution in [0.15, 0.2) is 0 Å². The first-order valence-electron chi connectivity index (χ1n) is 4.94. The number of hydrogen-bond acceptors (Lipinski definition) is 2. The van der Waals surface area contributed by atoms with Crippen molar-refractivity contribution in [3.8, 4) is 0 Å². The average molecular weight is 237 g/mol. The van der Waals surface area contributed by atoms with Crippen LogP contribution in [0.1, 0.15) is 19.3 Å². The van der Waals surface area contributed by atoms with Gasteiger partial charge in [-0.2, -0.15) is 13.2 Å². The molecule has 2 saturated heterocycles. The summed E-state index contributed by atoms with van der Waals surface area (Å²) in [6, 6.07) is -1.34. The highest BCUT2D eigenvalue weighted by Gasteiger charge is 2.56. The molecule has 2 aliphatic heterocycles. The van der Waals surface area contributed by atoms with Crippen LogP contribution in [0.3, 0.4) is 0 Å². The van der Waals surface area contributed by atoms with Crippen LogP contribution < -0.4 is 0 Å². The Kier molecular flexibility index (Phi) is 2.36. The van der Waals surface area contributed by atoms with Crippen molar-refractivity contribution in [1.82, 2.24) is 4.90 Å². The zero-order chi connectivity index (χ0) is 12.1. The smallest absolute Gasteiger partial charge is 0.471 e. The average Bonchev–Trinajstić information content (AvgIpc) is 2.71. The summed E-state index contributed by atoms with van der Waals surface area (Å²) in [7, 11) is 0. The van der Waals surface area contributed by atoms with Crippen LogP contribution in [-0.2, 0) is 9.59 Å². The van der Waals surface area contributed by atoms with Crippen molar-refractivity contribution < 1.29 is 27.9 Å². The number of aliphatic carboxylic acids is 1. The normalized spacial score (nSPS) is 33.2. The molecule has 2 fully saturated rings. The Labute approximate surface area is 89.0 Å². The van der Waals surface area contributed by atoms with E-state index in [2.05, 4.69) is 0 Å². The Morgan fingerprint density at radius 2 is 1.88 bits per heavy atom. The highest BCUT2D eigenvalue weighted by molar-refractivity contribution is 5.84. The Bertz CT molecular complexity index is 341. The molecular weight excluding hydrogens is 227 g/mol. The third-order valence-corrected chi connectivity index (χ3v) is 3.33. The standard InChI is InChI=1S/C9H10F3NO3/c10-9(11,12)8(16)13-4-1-2-6(13)5(3-4)7(14)15/h4-6H,1-3H2,(H,14,15)/t4-,5+,6+/m0/s1. The van der Waals surface area contributed by atoms with Crippen molar-refractivity contribution in [3.05, 3.63) is 0 Å². The third-order valence-electron chi connectivity index (χ3n) is 3.33. The van der Waals surface area contributed by atoms with Crippen LogP contribution >= 0.6 is 0 Å². The van der Waals surface area contributed by atoms with Gasteiger partial charge in [0.15, 0.2) is 0 Å². The molecule has 0 unspecified atom stereocenters. The maximum Gasteiger partial charge on any atom is 0.471 e. The number of alkyl halides is 3. The van der Waals surface area contributed by atoms with Gasteiger partial charge in [-0.3, -0.25) is 9.59 Å². The van der Waals surface area contributed by atoms with Gasteiger partial charge in [0.25, 0.3) is 0 Å². The second kappa shape index (κ2) is 3.36. The summed E-state index contributed by atoms with van der Waals surface area (Å²) >= 11 is 0. The third kappa shape index (κ3) is 1.54. The molecule has 0 radical (unpaired) electrons. The first-order valence-corrected chi connectivity index (χ1v) is 4.94. The molecule has 0 aromatic heterocycles. The number of hydrogen-bond donors (Lipinski definition) is 1. The first kappa shape index (κ1) is 11.2. The number of amides is 1. The molecule has 0 spiro atoms. The Balaban J connectivity index is 2.20. The zero-order valence-electron chi connectivity index (χ0n) is 8.20. The zero-order valence-corrected chi connectivity index (χ0v) is 8.20. The van der Waals surface area contributed by atoms with E-state index in [1.54, 1.807) is 0 Å². The van der Waals surface area contributed by atoms with E-state index in [1.165, 1.54) is 0 Å². The lowest BCUT2D eigenvalue weighted by molar-refractivity contribution is -0.187. The number of rotatable bonds is 1. The second-order valence-corrected chi connectivity index (χ2v) is 4.19. The van der Waals surface area contributed by atoms with Crippen LogP contribution in [0.4, 0.5) is 13.2 Å². The maximum atomic E-state index is 12.3. The minimum Gasteiger partial charge on any atom is -0.481 e. The molecule has 1 amide bonds. The lowest BCUT2D eigenvalue weighted by Gasteiger charge is -2.23. The minimum absolute atomic E-state index is 0.141. The highest BCUT2D eigenvalue weighted by atomic mass is 19.4. The number of halogens is 3. The lowest BCUT2D eigenvalue weighted by atomic mass is 9.89. The largest absolute Gasteiger partial charge is 0.481 e. The van der Waals surface area contributed by atoms with Crippen LogP contribution in [-0.4, -0.2) is 40.1 Å². The molecule has 2 aliphatic rings. The molecule has 1 N–H and O–H groups in total. The van der Waals surface area contributed by atoms with E-state index in [4.69, 9.17) is 5.11 Å². The molecule has 2 rings (SSSR count). The van der Waals surface area contributed by atoms with Gasteiger partial charge in [0, 0.05) is 12.1 Å². The molecule has 90 valence electrons. The SMILES string of the molecule is O=C(O)[C@@H]1C[C@@H]2CC[C@H]1N2C(=O)C(F)(F)F. The van der Waals surface area contributed by atoms with Crippen molar-refractivity contribution in [2.75, 3.05) is 0 Å². The fraction of sp³-hybridized carbons (Fsp3) is 0.778. The van der Waals surface area contributed by atoms with E-state index in [1.807, 2.05) is 0 Å². The van der Waals surface area contributed by atoms with E-state index in [0.717, 1.165) is 4.90 Å². The minimum atomic E-state index is -4.91. The molecule has 0 saturated carbocycles. The Morgan fingerprint density at radius 1 is 1.25 bits per heavy atom. The molecule has 2 heterocycles. The summed E-state index contributed by atoms with van der Waals surface area (Å²) in [5.74, 6) is -3.86. The van der Waals surface area contributed by atoms with Crippen LogP contribution in [0.2, 0.25) is 0 Å². The topological polar surface area (TPSA) is 57.6 Å². The van der Waals surface area contributed by atoms with Crippen LogP contribution in [0, 0.1) is 5.92 Å². The van der Waals surface area contributed by atoms with Gasteiger partial charge in [-0.1, -0.05) is 0 Å². The predicted octanol–water partition coefficient (Wildman–Crippen LogP) is 1.01. The summed E-state index contributed by atoms with van der Waals surface area (Å²) in [5.41, 5.74) is 0. The number of carbonyl (C=O) groups excluding carboxylic acids is 1. The lowest BCUT2D eigenvalue weighted by Crippen LogP contribution is -2.45. The molecule has 0 aromatic carbocycles. The van der Waals surface area contributed by atoms with E-state index in [0.29, 0.717) is 12.8 Å². The number of carboxylic acid groups (broad SMARTS) is 1. The molecule has 0 aliphatic carbocycles. The molecule has 7 heteroatoms.